The first-order valence-electron chi connectivity index (χ1n) is 9.05. The molecule has 0 atom stereocenters. The van der Waals surface area contributed by atoms with E-state index in [9.17, 15) is 18.0 Å². The molecule has 0 unspecified atom stereocenters. The molecule has 0 aliphatic heterocycles. The highest BCUT2D eigenvalue weighted by molar-refractivity contribution is 7.06. The first-order valence-corrected chi connectivity index (χ1v) is 9.82. The van der Waals surface area contributed by atoms with Gasteiger partial charge in [-0.3, -0.25) is 8.75 Å². The third-order valence-electron chi connectivity index (χ3n) is 4.56. The van der Waals surface area contributed by atoms with Crippen LogP contribution in [0.5, 0.6) is 5.75 Å². The summed E-state index contributed by atoms with van der Waals surface area (Å²) >= 11 is 1.55. The van der Waals surface area contributed by atoms with Gasteiger partial charge >= 0.3 is 6.18 Å². The van der Waals surface area contributed by atoms with Gasteiger partial charge in [-0.2, -0.15) is 18.2 Å². The quantitative estimate of drug-likeness (QED) is 0.707. The number of rotatable bonds is 4. The monoisotopic (exact) mass is 412 g/mol. The number of amides is 1. The molecule has 0 saturated heterocycles. The van der Waals surface area contributed by atoms with Crippen molar-refractivity contribution in [2.45, 2.75) is 51.7 Å². The van der Waals surface area contributed by atoms with Crippen molar-refractivity contribution in [1.82, 2.24) is 3.96 Å². The van der Waals surface area contributed by atoms with Crippen molar-refractivity contribution in [3.63, 3.8) is 0 Å². The van der Waals surface area contributed by atoms with Crippen molar-refractivity contribution in [2.24, 2.45) is 10.9 Å². The van der Waals surface area contributed by atoms with E-state index in [4.69, 9.17) is 4.74 Å². The summed E-state index contributed by atoms with van der Waals surface area (Å²) in [6, 6.07) is 4.70. The zero-order valence-electron chi connectivity index (χ0n) is 16.3. The van der Waals surface area contributed by atoms with Crippen LogP contribution in [0.15, 0.2) is 29.3 Å². The molecule has 0 bridgehead atoms. The standard InChI is InChI=1S/C20H23F3N2O2S/c1-19(2,3)16-10-17(25(28-16)11-12-5-6-12)24-18(26)14-9-13(20(21,22)23)7-8-15(14)27-4/h7-10,12H,5-6,11H2,1-4H3. The van der Waals surface area contributed by atoms with Gasteiger partial charge in [0.2, 0.25) is 0 Å². The van der Waals surface area contributed by atoms with Crippen molar-refractivity contribution in [2.75, 3.05) is 7.11 Å². The zero-order chi connectivity index (χ0) is 20.7. The van der Waals surface area contributed by atoms with Crippen LogP contribution in [0.25, 0.3) is 0 Å². The average molecular weight is 412 g/mol. The predicted molar refractivity (Wildman–Crippen MR) is 102 cm³/mol. The molecule has 1 aromatic heterocycles. The van der Waals surface area contributed by atoms with Gasteiger partial charge in [-0.15, -0.1) is 0 Å². The van der Waals surface area contributed by atoms with Crippen molar-refractivity contribution in [3.05, 3.63) is 45.8 Å². The zero-order valence-corrected chi connectivity index (χ0v) is 17.1. The number of carbonyl (C=O) groups excluding carboxylic acids is 1. The molecule has 8 heteroatoms. The van der Waals surface area contributed by atoms with E-state index in [1.807, 2.05) is 10.0 Å². The molecule has 1 amide bonds. The second-order valence-electron chi connectivity index (χ2n) is 8.04. The normalized spacial score (nSPS) is 15.8. The van der Waals surface area contributed by atoms with Crippen LogP contribution in [0, 0.1) is 5.92 Å². The second-order valence-corrected chi connectivity index (χ2v) is 9.11. The predicted octanol–water partition coefficient (Wildman–Crippen LogP) is 5.03. The van der Waals surface area contributed by atoms with Gasteiger partial charge in [0.25, 0.3) is 5.91 Å². The molecule has 0 radical (unpaired) electrons. The molecule has 0 spiro atoms. The van der Waals surface area contributed by atoms with Crippen molar-refractivity contribution in [3.8, 4) is 5.75 Å². The Morgan fingerprint density at radius 2 is 1.93 bits per heavy atom. The Hall–Kier alpha value is -2.09. The van der Waals surface area contributed by atoms with Crippen LogP contribution in [0.3, 0.4) is 0 Å². The van der Waals surface area contributed by atoms with Gasteiger partial charge < -0.3 is 4.74 Å². The topological polar surface area (TPSA) is 43.6 Å². The molecule has 1 heterocycles. The fourth-order valence-corrected chi connectivity index (χ4v) is 3.85. The van der Waals surface area contributed by atoms with Crippen LogP contribution >= 0.6 is 11.5 Å². The first-order chi connectivity index (χ1) is 13.0. The van der Waals surface area contributed by atoms with Gasteiger partial charge in [0.05, 0.1) is 18.2 Å². The van der Waals surface area contributed by atoms with Crippen LogP contribution in [0.1, 0.15) is 54.4 Å². The number of ether oxygens (including phenoxy) is 1. The molecule has 1 saturated carbocycles. The number of hydrogen-bond donors (Lipinski definition) is 0. The lowest BCUT2D eigenvalue weighted by atomic mass is 9.95. The molecule has 3 rings (SSSR count). The number of aromatic nitrogens is 1. The molecule has 152 valence electrons. The van der Waals surface area contributed by atoms with Crippen LogP contribution < -0.4 is 10.2 Å². The lowest BCUT2D eigenvalue weighted by molar-refractivity contribution is -0.137. The lowest BCUT2D eigenvalue weighted by Crippen LogP contribution is -2.18. The minimum absolute atomic E-state index is 0.0711. The molecule has 1 fully saturated rings. The van der Waals surface area contributed by atoms with Crippen molar-refractivity contribution < 1.29 is 22.7 Å². The minimum atomic E-state index is -4.55. The maximum atomic E-state index is 13.1. The minimum Gasteiger partial charge on any atom is -0.496 e. The third kappa shape index (κ3) is 4.66. The summed E-state index contributed by atoms with van der Waals surface area (Å²) in [5.41, 5.74) is -0.732. The summed E-state index contributed by atoms with van der Waals surface area (Å²) in [7, 11) is 1.31. The molecular weight excluding hydrogens is 389 g/mol. The maximum Gasteiger partial charge on any atom is 0.416 e. The Labute approximate surface area is 165 Å². The fraction of sp³-hybridized carbons (Fsp3) is 0.500. The van der Waals surface area contributed by atoms with Crippen LogP contribution in [0.2, 0.25) is 0 Å². The first kappa shape index (κ1) is 20.6. The summed E-state index contributed by atoms with van der Waals surface area (Å²) in [5, 5.41) is 0. The van der Waals surface area contributed by atoms with Gasteiger partial charge in [-0.05, 0) is 48.4 Å². The Balaban J connectivity index is 2.06. The van der Waals surface area contributed by atoms with Gasteiger partial charge in [0.15, 0.2) is 0 Å². The van der Waals surface area contributed by atoms with E-state index in [0.717, 1.165) is 42.5 Å². The van der Waals surface area contributed by atoms with Crippen LogP contribution in [0.4, 0.5) is 13.2 Å². The molecule has 1 aliphatic rings. The van der Waals surface area contributed by atoms with Crippen LogP contribution in [-0.4, -0.2) is 17.0 Å². The largest absolute Gasteiger partial charge is 0.496 e. The van der Waals surface area contributed by atoms with Gasteiger partial charge in [0, 0.05) is 11.4 Å². The number of hydrogen-bond acceptors (Lipinski definition) is 3. The smallest absolute Gasteiger partial charge is 0.416 e. The van der Waals surface area contributed by atoms with Gasteiger partial charge in [-0.1, -0.05) is 32.3 Å². The maximum absolute atomic E-state index is 13.1. The number of nitrogens with zero attached hydrogens (tertiary/aromatic N) is 2. The Morgan fingerprint density at radius 1 is 1.25 bits per heavy atom. The highest BCUT2D eigenvalue weighted by Crippen LogP contribution is 2.34. The van der Waals surface area contributed by atoms with E-state index in [1.54, 1.807) is 11.5 Å². The molecule has 4 nitrogen and oxygen atoms in total. The highest BCUT2D eigenvalue weighted by atomic mass is 32.1. The Bertz CT molecular complexity index is 948. The van der Waals surface area contributed by atoms with Crippen LogP contribution in [-0.2, 0) is 18.1 Å². The number of alkyl halides is 3. The summed E-state index contributed by atoms with van der Waals surface area (Å²) < 4.78 is 46.2. The molecule has 28 heavy (non-hydrogen) atoms. The number of benzene rings is 1. The number of methoxy groups -OCH3 is 1. The average Bonchev–Trinajstić information content (AvgIpc) is 3.32. The molecule has 0 N–H and O–H groups in total. The van der Waals surface area contributed by atoms with E-state index in [1.165, 1.54) is 7.11 Å². The molecular formula is C20H23F3N2O2S. The molecule has 1 aliphatic carbocycles. The summed E-state index contributed by atoms with van der Waals surface area (Å²) in [4.78, 5) is 18.0. The molecule has 1 aromatic carbocycles. The summed E-state index contributed by atoms with van der Waals surface area (Å²) in [6.07, 6.45) is -2.26. The van der Waals surface area contributed by atoms with Crippen molar-refractivity contribution in [1.29, 1.82) is 0 Å². The van der Waals surface area contributed by atoms with E-state index in [2.05, 4.69) is 25.8 Å². The SMILES string of the molecule is COc1ccc(C(F)(F)F)cc1C(=O)N=c1cc(C(C)(C)C)sn1CC1CC1. The second kappa shape index (κ2) is 7.39. The lowest BCUT2D eigenvalue weighted by Gasteiger charge is -2.14. The number of carbonyl (C=O) groups is 1. The summed E-state index contributed by atoms with van der Waals surface area (Å²) in [5.74, 6) is -0.101. The number of halogens is 3. The Morgan fingerprint density at radius 3 is 2.46 bits per heavy atom. The van der Waals surface area contributed by atoms with Gasteiger partial charge in [0.1, 0.15) is 11.2 Å². The van der Waals surface area contributed by atoms with E-state index in [0.29, 0.717) is 11.4 Å². The van der Waals surface area contributed by atoms with E-state index >= 15 is 0 Å². The Kier molecular flexibility index (Phi) is 5.44. The third-order valence-corrected chi connectivity index (χ3v) is 6.04. The van der Waals surface area contributed by atoms with Gasteiger partial charge in [-0.25, -0.2) is 0 Å². The van der Waals surface area contributed by atoms with Crippen molar-refractivity contribution >= 4 is 17.4 Å². The van der Waals surface area contributed by atoms with E-state index < -0.39 is 17.6 Å². The fourth-order valence-electron chi connectivity index (χ4n) is 2.70. The molecule has 2 aromatic rings. The van der Waals surface area contributed by atoms with E-state index in [-0.39, 0.29) is 16.7 Å². The summed E-state index contributed by atoms with van der Waals surface area (Å²) in [6.45, 7) is 6.98. The highest BCUT2D eigenvalue weighted by Gasteiger charge is 2.32.